The fourth-order valence-corrected chi connectivity index (χ4v) is 4.47. The van der Waals surface area contributed by atoms with Crippen molar-refractivity contribution >= 4 is 11.6 Å². The van der Waals surface area contributed by atoms with Crippen LogP contribution in [0.15, 0.2) is 0 Å². The van der Waals surface area contributed by atoms with Crippen molar-refractivity contribution in [2.45, 2.75) is 79.9 Å². The molecule has 21 heavy (non-hydrogen) atoms. The largest absolute Gasteiger partial charge is 0.308 e. The molecular weight excluding hydrogens is 282 g/mol. The van der Waals surface area contributed by atoms with Gasteiger partial charge in [-0.25, -0.2) is 0 Å². The Balaban J connectivity index is 2.06. The van der Waals surface area contributed by atoms with Gasteiger partial charge in [-0.1, -0.05) is 39.3 Å². The summed E-state index contributed by atoms with van der Waals surface area (Å²) in [5.41, 5.74) is 2.87. The van der Waals surface area contributed by atoms with Crippen molar-refractivity contribution < 1.29 is 0 Å². The molecule has 1 fully saturated rings. The molecule has 120 valence electrons. The Morgan fingerprint density at radius 1 is 1.24 bits per heavy atom. The summed E-state index contributed by atoms with van der Waals surface area (Å²) in [7, 11) is 0. The number of hydrogen-bond acceptors (Lipinski definition) is 2. The first kappa shape index (κ1) is 16.8. The third-order valence-electron chi connectivity index (χ3n) is 4.57. The summed E-state index contributed by atoms with van der Waals surface area (Å²) in [5.74, 6) is 0. The maximum Gasteiger partial charge on any atom is 0.0860 e. The average Bonchev–Trinajstić information content (AvgIpc) is 2.59. The summed E-state index contributed by atoms with van der Waals surface area (Å²) in [4.78, 5) is 0. The van der Waals surface area contributed by atoms with Crippen LogP contribution in [0.1, 0.15) is 65.3 Å². The van der Waals surface area contributed by atoms with E-state index in [9.17, 15) is 0 Å². The first-order valence-corrected chi connectivity index (χ1v) is 8.46. The van der Waals surface area contributed by atoms with Gasteiger partial charge < -0.3 is 5.32 Å². The number of aryl methyl sites for hydroxylation is 2. The van der Waals surface area contributed by atoms with Gasteiger partial charge in [-0.3, -0.25) is 4.68 Å². The van der Waals surface area contributed by atoms with E-state index in [1.807, 2.05) is 11.6 Å². The van der Waals surface area contributed by atoms with Crippen molar-refractivity contribution in [1.29, 1.82) is 0 Å². The molecule has 0 atom stereocenters. The molecule has 0 saturated heterocycles. The topological polar surface area (TPSA) is 29.9 Å². The molecule has 1 aliphatic carbocycles. The third-order valence-corrected chi connectivity index (χ3v) is 5.06. The van der Waals surface area contributed by atoms with Gasteiger partial charge in [-0.05, 0) is 43.9 Å². The predicted octanol–water partition coefficient (Wildman–Crippen LogP) is 4.56. The van der Waals surface area contributed by atoms with Crippen LogP contribution in [0.5, 0.6) is 0 Å². The summed E-state index contributed by atoms with van der Waals surface area (Å²) < 4.78 is 2.02. The maximum absolute atomic E-state index is 6.40. The smallest absolute Gasteiger partial charge is 0.0860 e. The maximum atomic E-state index is 6.40. The zero-order valence-corrected chi connectivity index (χ0v) is 15.1. The van der Waals surface area contributed by atoms with Crippen LogP contribution in [0.25, 0.3) is 0 Å². The highest BCUT2D eigenvalue weighted by atomic mass is 35.5. The molecule has 0 bridgehead atoms. The minimum Gasteiger partial charge on any atom is -0.308 e. The van der Waals surface area contributed by atoms with Gasteiger partial charge in [0.1, 0.15) is 0 Å². The summed E-state index contributed by atoms with van der Waals surface area (Å²) >= 11 is 6.40. The Morgan fingerprint density at radius 3 is 2.33 bits per heavy atom. The predicted molar refractivity (Wildman–Crippen MR) is 89.7 cm³/mol. The second-order valence-corrected chi connectivity index (χ2v) is 8.53. The van der Waals surface area contributed by atoms with Gasteiger partial charge in [0.15, 0.2) is 0 Å². The molecule has 0 aromatic carbocycles. The van der Waals surface area contributed by atoms with Crippen molar-refractivity contribution in [1.82, 2.24) is 15.1 Å². The molecule has 1 aromatic rings. The van der Waals surface area contributed by atoms with Gasteiger partial charge in [-0.15, -0.1) is 0 Å². The standard InChI is InChI=1S/C17H30ClN3/c1-7-21-14(15(18)12(2)20-21)10-19-13-8-16(3,4)11-17(5,6)9-13/h13,19H,7-11H2,1-6H3. The van der Waals surface area contributed by atoms with Gasteiger partial charge in [0.2, 0.25) is 0 Å². The first-order valence-electron chi connectivity index (χ1n) is 8.09. The molecule has 1 saturated carbocycles. The van der Waals surface area contributed by atoms with Crippen LogP contribution in [0.3, 0.4) is 0 Å². The molecule has 3 nitrogen and oxygen atoms in total. The van der Waals surface area contributed by atoms with E-state index in [4.69, 9.17) is 11.6 Å². The highest BCUT2D eigenvalue weighted by Crippen LogP contribution is 2.45. The zero-order chi connectivity index (χ0) is 15.8. The lowest BCUT2D eigenvalue weighted by Gasteiger charge is -2.45. The second-order valence-electron chi connectivity index (χ2n) is 8.15. The van der Waals surface area contributed by atoms with Crippen LogP contribution < -0.4 is 5.32 Å². The van der Waals surface area contributed by atoms with E-state index in [2.05, 4.69) is 45.0 Å². The minimum absolute atomic E-state index is 0.407. The van der Waals surface area contributed by atoms with Crippen molar-refractivity contribution in [3.63, 3.8) is 0 Å². The van der Waals surface area contributed by atoms with Crippen LogP contribution in [0, 0.1) is 17.8 Å². The molecule has 0 amide bonds. The molecule has 1 N–H and O–H groups in total. The minimum atomic E-state index is 0.407. The fourth-order valence-electron chi connectivity index (χ4n) is 4.27. The molecule has 0 aliphatic heterocycles. The Hall–Kier alpha value is -0.540. The second kappa shape index (κ2) is 5.92. The van der Waals surface area contributed by atoms with E-state index in [-0.39, 0.29) is 0 Å². The van der Waals surface area contributed by atoms with E-state index in [0.29, 0.717) is 16.9 Å². The van der Waals surface area contributed by atoms with Gasteiger partial charge in [-0.2, -0.15) is 5.10 Å². The van der Waals surface area contributed by atoms with E-state index < -0.39 is 0 Å². The summed E-state index contributed by atoms with van der Waals surface area (Å²) in [6, 6.07) is 0.556. The van der Waals surface area contributed by atoms with Crippen LogP contribution in [-0.2, 0) is 13.1 Å². The lowest BCUT2D eigenvalue weighted by molar-refractivity contribution is 0.0842. The first-order chi connectivity index (χ1) is 9.63. The van der Waals surface area contributed by atoms with Gasteiger partial charge >= 0.3 is 0 Å². The molecular formula is C17H30ClN3. The van der Waals surface area contributed by atoms with E-state index in [0.717, 1.165) is 29.5 Å². The van der Waals surface area contributed by atoms with Crippen LogP contribution in [-0.4, -0.2) is 15.8 Å². The zero-order valence-electron chi connectivity index (χ0n) is 14.4. The molecule has 0 radical (unpaired) electrons. The third kappa shape index (κ3) is 4.01. The Morgan fingerprint density at radius 2 is 1.81 bits per heavy atom. The number of hydrogen-bond donors (Lipinski definition) is 1. The number of nitrogens with one attached hydrogen (secondary N) is 1. The normalized spacial score (nSPS) is 21.7. The molecule has 4 heteroatoms. The lowest BCUT2D eigenvalue weighted by atomic mass is 9.63. The molecule has 0 unspecified atom stereocenters. The molecule has 1 aliphatic rings. The Labute approximate surface area is 134 Å². The van der Waals surface area contributed by atoms with Crippen molar-refractivity contribution in [3.05, 3.63) is 16.4 Å². The Kier molecular flexibility index (Phi) is 4.75. The fraction of sp³-hybridized carbons (Fsp3) is 0.824. The van der Waals surface area contributed by atoms with Crippen molar-refractivity contribution in [2.24, 2.45) is 10.8 Å². The summed E-state index contributed by atoms with van der Waals surface area (Å²) in [6.07, 6.45) is 3.76. The lowest BCUT2D eigenvalue weighted by Crippen LogP contribution is -2.43. The van der Waals surface area contributed by atoms with Gasteiger partial charge in [0, 0.05) is 19.1 Å². The molecule has 0 spiro atoms. The van der Waals surface area contributed by atoms with Crippen molar-refractivity contribution in [3.8, 4) is 0 Å². The summed E-state index contributed by atoms with van der Waals surface area (Å²) in [5, 5.41) is 9.05. The highest BCUT2D eigenvalue weighted by molar-refractivity contribution is 6.31. The van der Waals surface area contributed by atoms with Gasteiger partial charge in [0.25, 0.3) is 0 Å². The van der Waals surface area contributed by atoms with E-state index in [1.54, 1.807) is 0 Å². The van der Waals surface area contributed by atoms with Crippen LogP contribution in [0.2, 0.25) is 5.02 Å². The summed E-state index contributed by atoms with van der Waals surface area (Å²) in [6.45, 7) is 15.3. The average molecular weight is 312 g/mol. The number of nitrogens with zero attached hydrogens (tertiary/aromatic N) is 2. The van der Waals surface area contributed by atoms with E-state index >= 15 is 0 Å². The highest BCUT2D eigenvalue weighted by Gasteiger charge is 2.38. The van der Waals surface area contributed by atoms with Crippen LogP contribution in [0.4, 0.5) is 0 Å². The van der Waals surface area contributed by atoms with E-state index in [1.165, 1.54) is 19.3 Å². The number of aromatic nitrogens is 2. The molecule has 1 aromatic heterocycles. The molecule has 2 rings (SSSR count). The van der Waals surface area contributed by atoms with Crippen LogP contribution >= 0.6 is 11.6 Å². The number of halogens is 1. The van der Waals surface area contributed by atoms with Gasteiger partial charge in [0.05, 0.1) is 16.4 Å². The molecule has 1 heterocycles. The SMILES string of the molecule is CCn1nc(C)c(Cl)c1CNC1CC(C)(C)CC(C)(C)C1. The quantitative estimate of drug-likeness (QED) is 0.883. The Bertz CT molecular complexity index is 486. The van der Waals surface area contributed by atoms with Crippen molar-refractivity contribution in [2.75, 3.05) is 0 Å². The monoisotopic (exact) mass is 311 g/mol. The number of rotatable bonds is 4.